The molecule has 1 rings (SSSR count). The Labute approximate surface area is 92.9 Å². The molecular formula is C10H15NO3S. The lowest BCUT2D eigenvalue weighted by Gasteiger charge is -2.05. The molecule has 0 bridgehead atoms. The average molecular weight is 229 g/mol. The summed E-state index contributed by atoms with van der Waals surface area (Å²) < 4.78 is 5.13. The first kappa shape index (κ1) is 12.1. The van der Waals surface area contributed by atoms with Gasteiger partial charge in [-0.2, -0.15) is 0 Å². The second-order valence-electron chi connectivity index (χ2n) is 3.62. The van der Waals surface area contributed by atoms with Gasteiger partial charge < -0.3 is 9.84 Å². The second kappa shape index (κ2) is 5.23. The van der Waals surface area contributed by atoms with Gasteiger partial charge in [0.15, 0.2) is 6.10 Å². The van der Waals surface area contributed by atoms with Crippen LogP contribution in [0.3, 0.4) is 0 Å². The molecule has 0 aliphatic rings. The third kappa shape index (κ3) is 3.60. The van der Waals surface area contributed by atoms with Crippen molar-refractivity contribution < 1.29 is 14.6 Å². The summed E-state index contributed by atoms with van der Waals surface area (Å²) in [5, 5.41) is 11.6. The quantitative estimate of drug-likeness (QED) is 0.841. The predicted molar refractivity (Wildman–Crippen MR) is 58.1 cm³/mol. The third-order valence-electron chi connectivity index (χ3n) is 1.89. The minimum atomic E-state index is -0.950. The number of carboxylic acids is 1. The molecule has 5 heteroatoms. The average Bonchev–Trinajstić information content (AvgIpc) is 2.62. The van der Waals surface area contributed by atoms with Gasteiger partial charge in [0.25, 0.3) is 0 Å². The van der Waals surface area contributed by atoms with Gasteiger partial charge in [0.05, 0.1) is 17.3 Å². The zero-order valence-electron chi connectivity index (χ0n) is 9.06. The molecular weight excluding hydrogens is 214 g/mol. The van der Waals surface area contributed by atoms with Gasteiger partial charge in [-0.25, -0.2) is 9.78 Å². The molecule has 1 unspecified atom stereocenters. The van der Waals surface area contributed by atoms with E-state index in [1.807, 2.05) is 5.38 Å². The van der Waals surface area contributed by atoms with Crippen LogP contribution >= 0.6 is 11.3 Å². The number of carboxylic acid groups (broad SMARTS) is 1. The fourth-order valence-electron chi connectivity index (χ4n) is 0.936. The molecule has 0 fully saturated rings. The maximum atomic E-state index is 10.5. The normalized spacial score (nSPS) is 13.1. The molecule has 84 valence electrons. The van der Waals surface area contributed by atoms with Crippen molar-refractivity contribution in [2.75, 3.05) is 0 Å². The number of ether oxygens (including phenoxy) is 1. The van der Waals surface area contributed by atoms with Gasteiger partial charge in [0.1, 0.15) is 0 Å². The van der Waals surface area contributed by atoms with Crippen LogP contribution in [0.4, 0.5) is 0 Å². The molecule has 1 aromatic heterocycles. The lowest BCUT2D eigenvalue weighted by molar-refractivity contribution is -0.149. The smallest absolute Gasteiger partial charge is 0.332 e. The highest BCUT2D eigenvalue weighted by atomic mass is 32.1. The molecule has 0 spiro atoms. The summed E-state index contributed by atoms with van der Waals surface area (Å²) in [6, 6.07) is 0. The van der Waals surface area contributed by atoms with Gasteiger partial charge in [0, 0.05) is 11.3 Å². The molecule has 0 saturated carbocycles. The SMILES string of the molecule is CC(OCc1csc(C(C)C)n1)C(=O)O. The van der Waals surface area contributed by atoms with Crippen molar-refractivity contribution in [1.82, 2.24) is 4.98 Å². The molecule has 1 N–H and O–H groups in total. The molecule has 1 heterocycles. The van der Waals surface area contributed by atoms with Crippen LogP contribution in [0.15, 0.2) is 5.38 Å². The van der Waals surface area contributed by atoms with E-state index in [1.165, 1.54) is 6.92 Å². The summed E-state index contributed by atoms with van der Waals surface area (Å²) in [6.07, 6.45) is -0.783. The highest BCUT2D eigenvalue weighted by molar-refractivity contribution is 7.09. The maximum Gasteiger partial charge on any atom is 0.332 e. The Morgan fingerprint density at radius 3 is 2.73 bits per heavy atom. The molecule has 0 amide bonds. The van der Waals surface area contributed by atoms with Crippen molar-refractivity contribution >= 4 is 17.3 Å². The monoisotopic (exact) mass is 229 g/mol. The van der Waals surface area contributed by atoms with Gasteiger partial charge in [-0.05, 0) is 6.92 Å². The molecule has 0 aliphatic heterocycles. The van der Waals surface area contributed by atoms with E-state index in [1.54, 1.807) is 11.3 Å². The number of hydrogen-bond donors (Lipinski definition) is 1. The molecule has 15 heavy (non-hydrogen) atoms. The first-order chi connectivity index (χ1) is 7.00. The van der Waals surface area contributed by atoms with E-state index >= 15 is 0 Å². The van der Waals surface area contributed by atoms with Crippen molar-refractivity contribution in [2.24, 2.45) is 0 Å². The predicted octanol–water partition coefficient (Wildman–Crippen LogP) is 2.26. The summed E-state index contributed by atoms with van der Waals surface area (Å²) in [5.41, 5.74) is 0.803. The molecule has 0 radical (unpaired) electrons. The van der Waals surface area contributed by atoms with Crippen molar-refractivity contribution in [1.29, 1.82) is 0 Å². The van der Waals surface area contributed by atoms with E-state index in [-0.39, 0.29) is 6.61 Å². The number of nitrogens with zero attached hydrogens (tertiary/aromatic N) is 1. The Bertz CT molecular complexity index is 335. The number of rotatable bonds is 5. The van der Waals surface area contributed by atoms with Crippen molar-refractivity contribution in [3.8, 4) is 0 Å². The van der Waals surface area contributed by atoms with Crippen LogP contribution < -0.4 is 0 Å². The van der Waals surface area contributed by atoms with Gasteiger partial charge >= 0.3 is 5.97 Å². The summed E-state index contributed by atoms with van der Waals surface area (Å²) >= 11 is 1.58. The Kier molecular flexibility index (Phi) is 4.23. The number of carbonyl (C=O) groups is 1. The fraction of sp³-hybridized carbons (Fsp3) is 0.600. The fourth-order valence-corrected chi connectivity index (χ4v) is 1.76. The lowest BCUT2D eigenvalue weighted by Crippen LogP contribution is -2.19. The van der Waals surface area contributed by atoms with Crippen LogP contribution in [0.25, 0.3) is 0 Å². The minimum absolute atomic E-state index is 0.261. The van der Waals surface area contributed by atoms with Crippen LogP contribution in [0.2, 0.25) is 0 Å². The van der Waals surface area contributed by atoms with Crippen LogP contribution in [0.1, 0.15) is 37.4 Å². The molecule has 0 saturated heterocycles. The molecule has 0 aliphatic carbocycles. The minimum Gasteiger partial charge on any atom is -0.479 e. The van der Waals surface area contributed by atoms with E-state index in [0.717, 1.165) is 10.7 Å². The van der Waals surface area contributed by atoms with Crippen LogP contribution in [-0.2, 0) is 16.1 Å². The number of aromatic nitrogens is 1. The first-order valence-corrected chi connectivity index (χ1v) is 5.67. The second-order valence-corrected chi connectivity index (χ2v) is 4.51. The standard InChI is InChI=1S/C10H15NO3S/c1-6(2)9-11-8(5-15-9)4-14-7(3)10(12)13/h5-7H,4H2,1-3H3,(H,12,13). The summed E-state index contributed by atoms with van der Waals surface area (Å²) in [5.74, 6) is -0.546. The molecule has 1 atom stereocenters. The van der Waals surface area contributed by atoms with E-state index in [2.05, 4.69) is 18.8 Å². The molecule has 0 aromatic carbocycles. The van der Waals surface area contributed by atoms with Gasteiger partial charge in [-0.1, -0.05) is 13.8 Å². The maximum absolute atomic E-state index is 10.5. The van der Waals surface area contributed by atoms with Gasteiger partial charge in [0.2, 0.25) is 0 Å². The summed E-state index contributed by atoms with van der Waals surface area (Å²) in [6.45, 7) is 5.92. The van der Waals surface area contributed by atoms with Gasteiger partial charge in [-0.15, -0.1) is 11.3 Å². The largest absolute Gasteiger partial charge is 0.479 e. The van der Waals surface area contributed by atoms with Crippen LogP contribution in [0.5, 0.6) is 0 Å². The van der Waals surface area contributed by atoms with E-state index in [4.69, 9.17) is 9.84 Å². The number of aliphatic carboxylic acids is 1. The third-order valence-corrected chi connectivity index (χ3v) is 3.09. The zero-order chi connectivity index (χ0) is 11.4. The Morgan fingerprint density at radius 1 is 1.60 bits per heavy atom. The molecule has 4 nitrogen and oxygen atoms in total. The highest BCUT2D eigenvalue weighted by Gasteiger charge is 2.12. The van der Waals surface area contributed by atoms with E-state index < -0.39 is 12.1 Å². The van der Waals surface area contributed by atoms with Crippen molar-refractivity contribution in [2.45, 2.75) is 39.4 Å². The van der Waals surface area contributed by atoms with E-state index in [0.29, 0.717) is 5.92 Å². The Morgan fingerprint density at radius 2 is 2.27 bits per heavy atom. The Hall–Kier alpha value is -0.940. The van der Waals surface area contributed by atoms with Crippen LogP contribution in [-0.4, -0.2) is 22.2 Å². The summed E-state index contributed by atoms with van der Waals surface area (Å²) in [7, 11) is 0. The highest BCUT2D eigenvalue weighted by Crippen LogP contribution is 2.19. The molecule has 1 aromatic rings. The van der Waals surface area contributed by atoms with Crippen molar-refractivity contribution in [3.05, 3.63) is 16.1 Å². The lowest BCUT2D eigenvalue weighted by atomic mass is 10.2. The first-order valence-electron chi connectivity index (χ1n) is 4.79. The topological polar surface area (TPSA) is 59.4 Å². The Balaban J connectivity index is 2.47. The zero-order valence-corrected chi connectivity index (χ0v) is 9.87. The van der Waals surface area contributed by atoms with E-state index in [9.17, 15) is 4.79 Å². The van der Waals surface area contributed by atoms with Gasteiger partial charge in [-0.3, -0.25) is 0 Å². The number of thiazole rings is 1. The summed E-state index contributed by atoms with van der Waals surface area (Å²) in [4.78, 5) is 14.8. The van der Waals surface area contributed by atoms with Crippen molar-refractivity contribution in [3.63, 3.8) is 0 Å². The van der Waals surface area contributed by atoms with Crippen LogP contribution in [0, 0.1) is 0 Å². The number of hydrogen-bond acceptors (Lipinski definition) is 4.